The number of aromatic nitrogens is 1. The van der Waals surface area contributed by atoms with Gasteiger partial charge in [0.15, 0.2) is 0 Å². The first-order chi connectivity index (χ1) is 11.5. The lowest BCUT2D eigenvalue weighted by Crippen LogP contribution is -2.26. The first-order valence-corrected chi connectivity index (χ1v) is 8.29. The highest BCUT2D eigenvalue weighted by molar-refractivity contribution is 6.30. The van der Waals surface area contributed by atoms with Crippen LogP contribution in [-0.4, -0.2) is 49.5 Å². The van der Waals surface area contributed by atoms with E-state index in [1.807, 2.05) is 44.4 Å². The van der Waals surface area contributed by atoms with Crippen molar-refractivity contribution in [2.24, 2.45) is 0 Å². The van der Waals surface area contributed by atoms with E-state index in [9.17, 15) is 4.79 Å². The molecule has 0 saturated heterocycles. The molecule has 1 aromatic carbocycles. The summed E-state index contributed by atoms with van der Waals surface area (Å²) in [5, 5.41) is 6.82. The number of benzene rings is 1. The second kappa shape index (κ2) is 9.25. The third kappa shape index (κ3) is 6.18. The zero-order chi connectivity index (χ0) is 17.4. The number of hydrogen-bond donors (Lipinski definition) is 2. The molecule has 0 spiro atoms. The fraction of sp³-hybridized carbons (Fsp3) is 0.333. The van der Waals surface area contributed by atoms with E-state index in [0.29, 0.717) is 17.1 Å². The maximum absolute atomic E-state index is 12.1. The summed E-state index contributed by atoms with van der Waals surface area (Å²) in [5.41, 5.74) is 1.65. The molecule has 0 radical (unpaired) electrons. The fourth-order valence-electron chi connectivity index (χ4n) is 2.16. The average molecular weight is 347 g/mol. The quantitative estimate of drug-likeness (QED) is 0.771. The molecule has 24 heavy (non-hydrogen) atoms. The summed E-state index contributed by atoms with van der Waals surface area (Å²) in [6, 6.07) is 11.2. The molecule has 0 aliphatic rings. The van der Waals surface area contributed by atoms with E-state index in [2.05, 4.69) is 20.5 Å². The van der Waals surface area contributed by atoms with Crippen LogP contribution >= 0.6 is 11.6 Å². The minimum absolute atomic E-state index is 0.121. The van der Waals surface area contributed by atoms with Crippen LogP contribution in [0.4, 0.5) is 5.82 Å². The Morgan fingerprint density at radius 2 is 2.04 bits per heavy atom. The molecule has 1 heterocycles. The van der Waals surface area contributed by atoms with Gasteiger partial charge in [0, 0.05) is 30.9 Å². The Kier molecular flexibility index (Phi) is 7.03. The molecular weight excluding hydrogens is 324 g/mol. The summed E-state index contributed by atoms with van der Waals surface area (Å²) in [6.45, 7) is 2.29. The highest BCUT2D eigenvalue weighted by Gasteiger charge is 2.06. The van der Waals surface area contributed by atoms with E-state index in [-0.39, 0.29) is 5.91 Å². The number of rotatable bonds is 8. The summed E-state index contributed by atoms with van der Waals surface area (Å²) < 4.78 is 0. The Balaban J connectivity index is 1.77. The number of likely N-dealkylation sites (N-methyl/N-ethyl adjacent to an activating group) is 1. The molecule has 1 amide bonds. The Bertz CT molecular complexity index is 658. The number of nitrogens with zero attached hydrogens (tertiary/aromatic N) is 2. The molecule has 0 fully saturated rings. The highest BCUT2D eigenvalue weighted by atomic mass is 35.5. The molecule has 2 rings (SSSR count). The molecule has 128 valence electrons. The summed E-state index contributed by atoms with van der Waals surface area (Å²) >= 11 is 5.95. The molecule has 0 aliphatic heterocycles. The van der Waals surface area contributed by atoms with Gasteiger partial charge in [-0.3, -0.25) is 4.79 Å². The van der Waals surface area contributed by atoms with Crippen LogP contribution in [0.15, 0.2) is 42.6 Å². The smallest absolute Gasteiger partial charge is 0.252 e. The maximum Gasteiger partial charge on any atom is 0.252 e. The van der Waals surface area contributed by atoms with Gasteiger partial charge in [0.2, 0.25) is 0 Å². The first-order valence-electron chi connectivity index (χ1n) is 7.92. The van der Waals surface area contributed by atoms with Crippen LogP contribution in [-0.2, 0) is 6.42 Å². The number of anilines is 1. The van der Waals surface area contributed by atoms with Gasteiger partial charge >= 0.3 is 0 Å². The van der Waals surface area contributed by atoms with Crippen LogP contribution in [0.5, 0.6) is 0 Å². The fourth-order valence-corrected chi connectivity index (χ4v) is 2.37. The molecule has 5 nitrogen and oxygen atoms in total. The van der Waals surface area contributed by atoms with Crippen molar-refractivity contribution in [3.8, 4) is 0 Å². The SMILES string of the molecule is CN(C)CCNc1ccc(C(=O)NCCc2cccc(Cl)c2)cn1. The van der Waals surface area contributed by atoms with Crippen molar-refractivity contribution >= 4 is 23.3 Å². The van der Waals surface area contributed by atoms with Crippen LogP contribution in [0.2, 0.25) is 5.02 Å². The lowest BCUT2D eigenvalue weighted by Gasteiger charge is -2.11. The Labute approximate surface area is 148 Å². The number of pyridine rings is 1. The zero-order valence-corrected chi connectivity index (χ0v) is 14.8. The molecule has 0 unspecified atom stereocenters. The molecule has 2 N–H and O–H groups in total. The summed E-state index contributed by atoms with van der Waals surface area (Å²) in [5.74, 6) is 0.650. The molecule has 1 aromatic heterocycles. The standard InChI is InChI=1S/C18H23ClN4O/c1-23(2)11-10-20-17-7-6-15(13-22-17)18(24)21-9-8-14-4-3-5-16(19)12-14/h3-7,12-13H,8-11H2,1-2H3,(H,20,22)(H,21,24). The lowest BCUT2D eigenvalue weighted by atomic mass is 10.1. The lowest BCUT2D eigenvalue weighted by molar-refractivity contribution is 0.0954. The first kappa shape index (κ1) is 18.2. The molecule has 0 atom stereocenters. The average Bonchev–Trinajstić information content (AvgIpc) is 2.55. The topological polar surface area (TPSA) is 57.3 Å². The monoisotopic (exact) mass is 346 g/mol. The minimum atomic E-state index is -0.121. The van der Waals surface area contributed by atoms with E-state index in [1.54, 1.807) is 12.3 Å². The van der Waals surface area contributed by atoms with Crippen molar-refractivity contribution in [1.82, 2.24) is 15.2 Å². The molecule has 6 heteroatoms. The van der Waals surface area contributed by atoms with Crippen LogP contribution in [0, 0.1) is 0 Å². The molecule has 0 saturated carbocycles. The predicted molar refractivity (Wildman–Crippen MR) is 98.8 cm³/mol. The molecular formula is C18H23ClN4O. The maximum atomic E-state index is 12.1. The number of nitrogens with one attached hydrogen (secondary N) is 2. The van der Waals surface area contributed by atoms with Gasteiger partial charge in [-0.25, -0.2) is 4.98 Å². The summed E-state index contributed by atoms with van der Waals surface area (Å²) in [6.07, 6.45) is 2.33. The van der Waals surface area contributed by atoms with Gasteiger partial charge in [-0.1, -0.05) is 23.7 Å². The normalized spacial score (nSPS) is 10.7. The van der Waals surface area contributed by atoms with Gasteiger partial charge in [-0.2, -0.15) is 0 Å². The van der Waals surface area contributed by atoms with Gasteiger partial charge in [0.25, 0.3) is 5.91 Å². The van der Waals surface area contributed by atoms with E-state index < -0.39 is 0 Å². The number of amides is 1. The van der Waals surface area contributed by atoms with Crippen molar-refractivity contribution in [2.75, 3.05) is 39.0 Å². The summed E-state index contributed by atoms with van der Waals surface area (Å²) in [4.78, 5) is 18.5. The predicted octanol–water partition coefficient (Wildman–Crippen LogP) is 2.68. The van der Waals surface area contributed by atoms with Crippen molar-refractivity contribution in [2.45, 2.75) is 6.42 Å². The van der Waals surface area contributed by atoms with E-state index in [4.69, 9.17) is 11.6 Å². The van der Waals surface area contributed by atoms with Gasteiger partial charge in [0.05, 0.1) is 5.56 Å². The minimum Gasteiger partial charge on any atom is -0.369 e. The van der Waals surface area contributed by atoms with E-state index in [0.717, 1.165) is 30.9 Å². The van der Waals surface area contributed by atoms with Crippen molar-refractivity contribution in [1.29, 1.82) is 0 Å². The van der Waals surface area contributed by atoms with Crippen LogP contribution in [0.25, 0.3) is 0 Å². The molecule has 0 aliphatic carbocycles. The van der Waals surface area contributed by atoms with E-state index >= 15 is 0 Å². The van der Waals surface area contributed by atoms with E-state index in [1.165, 1.54) is 0 Å². The van der Waals surface area contributed by atoms with Crippen molar-refractivity contribution < 1.29 is 4.79 Å². The Morgan fingerprint density at radius 1 is 1.21 bits per heavy atom. The van der Waals surface area contributed by atoms with Gasteiger partial charge in [-0.15, -0.1) is 0 Å². The number of carbonyl (C=O) groups excluding carboxylic acids is 1. The number of hydrogen-bond acceptors (Lipinski definition) is 4. The van der Waals surface area contributed by atoms with Crippen LogP contribution < -0.4 is 10.6 Å². The van der Waals surface area contributed by atoms with Crippen molar-refractivity contribution in [3.63, 3.8) is 0 Å². The second-order valence-corrected chi connectivity index (χ2v) is 6.23. The van der Waals surface area contributed by atoms with Crippen LogP contribution in [0.1, 0.15) is 15.9 Å². The molecule has 2 aromatic rings. The second-order valence-electron chi connectivity index (χ2n) is 5.80. The summed E-state index contributed by atoms with van der Waals surface area (Å²) in [7, 11) is 4.04. The van der Waals surface area contributed by atoms with Crippen molar-refractivity contribution in [3.05, 3.63) is 58.7 Å². The van der Waals surface area contributed by atoms with Gasteiger partial charge in [0.1, 0.15) is 5.82 Å². The zero-order valence-electron chi connectivity index (χ0n) is 14.1. The Morgan fingerprint density at radius 3 is 2.71 bits per heavy atom. The Hall–Kier alpha value is -2.11. The number of halogens is 1. The van der Waals surface area contributed by atoms with Gasteiger partial charge < -0.3 is 15.5 Å². The molecule has 0 bridgehead atoms. The van der Waals surface area contributed by atoms with Gasteiger partial charge in [-0.05, 0) is 50.3 Å². The number of carbonyl (C=O) groups is 1. The third-order valence-corrected chi connectivity index (χ3v) is 3.71. The van der Waals surface area contributed by atoms with Crippen LogP contribution in [0.3, 0.4) is 0 Å². The third-order valence-electron chi connectivity index (χ3n) is 3.48. The largest absolute Gasteiger partial charge is 0.369 e. The highest BCUT2D eigenvalue weighted by Crippen LogP contribution is 2.11.